The zero-order valence-corrected chi connectivity index (χ0v) is 16.6. The minimum Gasteiger partial charge on any atom is -0.0522 e. The lowest BCUT2D eigenvalue weighted by Gasteiger charge is -2.16. The molecule has 0 heterocycles. The first-order chi connectivity index (χ1) is 10.2. The third-order valence-electron chi connectivity index (χ3n) is 5.09. The van der Waals surface area contributed by atoms with Crippen LogP contribution in [-0.4, -0.2) is 0 Å². The van der Waals surface area contributed by atoms with Crippen molar-refractivity contribution in [2.75, 3.05) is 0 Å². The quantitative estimate of drug-likeness (QED) is 0.558. The molecule has 2 rings (SSSR count). The zero-order chi connectivity index (χ0) is 16.6. The molecule has 0 spiro atoms. The van der Waals surface area contributed by atoms with Crippen molar-refractivity contribution in [2.24, 2.45) is 0 Å². The van der Waals surface area contributed by atoms with Crippen LogP contribution in [0.4, 0.5) is 0 Å². The molecule has 118 valence electrons. The first kappa shape index (κ1) is 17.5. The fourth-order valence-electron chi connectivity index (χ4n) is 2.61. The highest BCUT2D eigenvalue weighted by Gasteiger charge is 2.11. The van der Waals surface area contributed by atoms with Crippen LogP contribution < -0.4 is 0 Å². The largest absolute Gasteiger partial charge is 0.0522 e. The van der Waals surface area contributed by atoms with Crippen LogP contribution >= 0.6 is 21.6 Å². The Morgan fingerprint density at radius 2 is 0.773 bits per heavy atom. The Morgan fingerprint density at radius 3 is 1.09 bits per heavy atom. The van der Waals surface area contributed by atoms with E-state index in [-0.39, 0.29) is 0 Å². The van der Waals surface area contributed by atoms with Crippen LogP contribution in [0.25, 0.3) is 0 Å². The lowest BCUT2D eigenvalue weighted by Crippen LogP contribution is -1.94. The van der Waals surface area contributed by atoms with Gasteiger partial charge in [0.2, 0.25) is 0 Å². The molecule has 2 aromatic rings. The maximum absolute atomic E-state index is 2.33. The second kappa shape index (κ2) is 6.72. The third kappa shape index (κ3) is 3.23. The Kier molecular flexibility index (Phi) is 5.34. The predicted octanol–water partition coefficient (Wildman–Crippen LogP) is 6.95. The molecule has 0 aliphatic heterocycles. The van der Waals surface area contributed by atoms with Gasteiger partial charge in [0, 0.05) is 9.79 Å². The van der Waals surface area contributed by atoms with Crippen molar-refractivity contribution >= 4 is 21.6 Å². The molecule has 0 aromatic heterocycles. The van der Waals surface area contributed by atoms with Crippen LogP contribution in [0, 0.1) is 55.4 Å². The number of rotatable bonds is 3. The van der Waals surface area contributed by atoms with Crippen molar-refractivity contribution in [3.8, 4) is 0 Å². The zero-order valence-electron chi connectivity index (χ0n) is 15.0. The van der Waals surface area contributed by atoms with Crippen LogP contribution in [-0.2, 0) is 0 Å². The lowest BCUT2D eigenvalue weighted by molar-refractivity contribution is 1.14. The van der Waals surface area contributed by atoms with E-state index in [0.717, 1.165) is 0 Å². The normalized spacial score (nSPS) is 11.1. The van der Waals surface area contributed by atoms with Crippen LogP contribution in [0.5, 0.6) is 0 Å². The molecule has 0 amide bonds. The molecule has 0 N–H and O–H groups in total. The van der Waals surface area contributed by atoms with Gasteiger partial charge in [-0.15, -0.1) is 0 Å². The Bertz CT molecular complexity index is 664. The fourth-order valence-corrected chi connectivity index (χ4v) is 5.38. The van der Waals surface area contributed by atoms with E-state index in [9.17, 15) is 0 Å². The molecular weight excluding hydrogens is 304 g/mol. The van der Waals surface area contributed by atoms with E-state index in [0.29, 0.717) is 0 Å². The van der Waals surface area contributed by atoms with E-state index in [1.54, 1.807) is 0 Å². The molecule has 0 aliphatic rings. The molecule has 0 fully saturated rings. The summed E-state index contributed by atoms with van der Waals surface area (Å²) in [6.07, 6.45) is 0. The molecule has 2 heteroatoms. The highest BCUT2D eigenvalue weighted by atomic mass is 33.1. The SMILES string of the molecule is Cc1cc(SSc2cc(C)c(C)c(C)c2C)c(C)c(C)c1C. The van der Waals surface area contributed by atoms with Crippen LogP contribution in [0.2, 0.25) is 0 Å². The molecule has 0 radical (unpaired) electrons. The van der Waals surface area contributed by atoms with Gasteiger partial charge in [-0.25, -0.2) is 0 Å². The molecule has 0 atom stereocenters. The van der Waals surface area contributed by atoms with E-state index in [1.807, 2.05) is 21.6 Å². The Hall–Kier alpha value is -0.860. The summed E-state index contributed by atoms with van der Waals surface area (Å²) in [5.41, 5.74) is 11.3. The second-order valence-corrected chi connectivity index (χ2v) is 8.51. The van der Waals surface area contributed by atoms with E-state index in [2.05, 4.69) is 67.5 Å². The molecule has 0 nitrogen and oxygen atoms in total. The van der Waals surface area contributed by atoms with Crippen molar-refractivity contribution in [1.82, 2.24) is 0 Å². The molecule has 2 aromatic carbocycles. The lowest BCUT2D eigenvalue weighted by atomic mass is 10.00. The van der Waals surface area contributed by atoms with Crippen molar-refractivity contribution in [1.29, 1.82) is 0 Å². The van der Waals surface area contributed by atoms with Gasteiger partial charge in [-0.05, 0) is 112 Å². The van der Waals surface area contributed by atoms with Crippen molar-refractivity contribution in [3.05, 3.63) is 56.6 Å². The summed E-state index contributed by atoms with van der Waals surface area (Å²) in [6.45, 7) is 17.8. The fraction of sp³-hybridized carbons (Fsp3) is 0.400. The monoisotopic (exact) mass is 330 g/mol. The first-order valence-corrected chi connectivity index (χ1v) is 9.88. The number of aryl methyl sites for hydroxylation is 2. The smallest absolute Gasteiger partial charge is 0.0220 e. The van der Waals surface area contributed by atoms with Gasteiger partial charge in [-0.1, -0.05) is 21.6 Å². The summed E-state index contributed by atoms with van der Waals surface area (Å²) >= 11 is 0. The van der Waals surface area contributed by atoms with Crippen LogP contribution in [0.15, 0.2) is 21.9 Å². The molecule has 0 saturated heterocycles. The summed E-state index contributed by atoms with van der Waals surface area (Å²) in [5, 5.41) is 0. The van der Waals surface area contributed by atoms with Crippen molar-refractivity contribution in [3.63, 3.8) is 0 Å². The molecule has 0 aliphatic carbocycles. The van der Waals surface area contributed by atoms with E-state index < -0.39 is 0 Å². The maximum atomic E-state index is 2.33. The van der Waals surface area contributed by atoms with E-state index >= 15 is 0 Å². The molecule has 22 heavy (non-hydrogen) atoms. The van der Waals surface area contributed by atoms with Gasteiger partial charge in [0.25, 0.3) is 0 Å². The molecular formula is C20H26S2. The van der Waals surface area contributed by atoms with Gasteiger partial charge in [-0.2, -0.15) is 0 Å². The summed E-state index contributed by atoms with van der Waals surface area (Å²) in [5.74, 6) is 0. The van der Waals surface area contributed by atoms with Gasteiger partial charge in [0.05, 0.1) is 0 Å². The average Bonchev–Trinajstić information content (AvgIpc) is 2.49. The molecule has 0 unspecified atom stereocenters. The standard InChI is InChI=1S/C20H26S2/c1-11-9-19(17(7)15(5)13(11)3)21-22-20-10-12(2)14(4)16(6)18(20)8/h9-10H,1-8H3. The first-order valence-electron chi connectivity index (χ1n) is 7.73. The summed E-state index contributed by atoms with van der Waals surface area (Å²) < 4.78 is 0. The van der Waals surface area contributed by atoms with Gasteiger partial charge < -0.3 is 0 Å². The predicted molar refractivity (Wildman–Crippen MR) is 102 cm³/mol. The minimum atomic E-state index is 1.39. The second-order valence-electron chi connectivity index (χ2n) is 6.30. The van der Waals surface area contributed by atoms with Crippen LogP contribution in [0.1, 0.15) is 44.5 Å². The van der Waals surface area contributed by atoms with Gasteiger partial charge in [-0.3, -0.25) is 0 Å². The minimum absolute atomic E-state index is 1.39. The number of hydrogen-bond donors (Lipinski definition) is 0. The van der Waals surface area contributed by atoms with Crippen molar-refractivity contribution < 1.29 is 0 Å². The van der Waals surface area contributed by atoms with Gasteiger partial charge in [0.15, 0.2) is 0 Å². The average molecular weight is 331 g/mol. The maximum Gasteiger partial charge on any atom is 0.0220 e. The highest BCUT2D eigenvalue weighted by Crippen LogP contribution is 2.43. The third-order valence-corrected chi connectivity index (χ3v) is 7.71. The summed E-state index contributed by atoms with van der Waals surface area (Å²) in [4.78, 5) is 2.78. The summed E-state index contributed by atoms with van der Waals surface area (Å²) in [6, 6.07) is 4.66. The Labute approximate surface area is 143 Å². The number of benzene rings is 2. The molecule has 0 saturated carbocycles. The molecule has 0 bridgehead atoms. The summed E-state index contributed by atoms with van der Waals surface area (Å²) in [7, 11) is 3.78. The Morgan fingerprint density at radius 1 is 0.455 bits per heavy atom. The topological polar surface area (TPSA) is 0 Å². The van der Waals surface area contributed by atoms with Gasteiger partial charge >= 0.3 is 0 Å². The number of hydrogen-bond acceptors (Lipinski definition) is 2. The van der Waals surface area contributed by atoms with E-state index in [4.69, 9.17) is 0 Å². The Balaban J connectivity index is 2.32. The highest BCUT2D eigenvalue weighted by molar-refractivity contribution is 8.76. The van der Waals surface area contributed by atoms with E-state index in [1.165, 1.54) is 54.3 Å². The van der Waals surface area contributed by atoms with Crippen LogP contribution in [0.3, 0.4) is 0 Å². The van der Waals surface area contributed by atoms with Crippen molar-refractivity contribution in [2.45, 2.75) is 65.2 Å². The van der Waals surface area contributed by atoms with Gasteiger partial charge in [0.1, 0.15) is 0 Å².